The van der Waals surface area contributed by atoms with E-state index in [1.54, 1.807) is 21.3 Å². The van der Waals surface area contributed by atoms with Gasteiger partial charge in [0.15, 0.2) is 0 Å². The Hall–Kier alpha value is -7.59. The molecular formula is C73H101N3O12. The van der Waals surface area contributed by atoms with Gasteiger partial charge in [-0.05, 0) is 188 Å². The molecule has 0 spiro atoms. The van der Waals surface area contributed by atoms with Crippen molar-refractivity contribution in [2.75, 3.05) is 103 Å². The van der Waals surface area contributed by atoms with Crippen molar-refractivity contribution in [1.29, 1.82) is 0 Å². The molecule has 0 fully saturated rings. The highest BCUT2D eigenvalue weighted by atomic mass is 16.6. The first-order chi connectivity index (χ1) is 42.5. The van der Waals surface area contributed by atoms with Gasteiger partial charge in [-0.1, -0.05) is 118 Å². The number of likely N-dealkylation sites (N-methyl/N-ethyl adjacent to an activating group) is 3. The summed E-state index contributed by atoms with van der Waals surface area (Å²) in [6.07, 6.45) is 9.19. The number of unbranched alkanes of at least 4 members (excludes halogenated alkanes) is 1. The number of nitrogens with zero attached hydrogens (tertiary/aromatic N) is 3. The Kier molecular flexibility index (Phi) is 35.0. The average Bonchev–Trinajstić information content (AvgIpc) is 3.59. The fourth-order valence-corrected chi connectivity index (χ4v) is 9.37. The lowest BCUT2D eigenvalue weighted by Gasteiger charge is -2.22. The van der Waals surface area contributed by atoms with Crippen LogP contribution in [0.3, 0.4) is 0 Å². The predicted molar refractivity (Wildman–Crippen MR) is 352 cm³/mol. The van der Waals surface area contributed by atoms with Gasteiger partial charge in [-0.25, -0.2) is 0 Å². The van der Waals surface area contributed by atoms with Crippen LogP contribution in [0.25, 0.3) is 0 Å². The summed E-state index contributed by atoms with van der Waals surface area (Å²) >= 11 is 0. The van der Waals surface area contributed by atoms with E-state index in [0.29, 0.717) is 58.7 Å². The molecule has 6 aromatic rings. The van der Waals surface area contributed by atoms with E-state index >= 15 is 0 Å². The highest BCUT2D eigenvalue weighted by Crippen LogP contribution is 2.25. The Bertz CT molecular complexity index is 2730. The van der Waals surface area contributed by atoms with Crippen LogP contribution in [0, 0.1) is 0 Å². The number of rotatable bonds is 37. The van der Waals surface area contributed by atoms with Gasteiger partial charge in [0.2, 0.25) is 0 Å². The molecule has 480 valence electrons. The number of methoxy groups -OCH3 is 3. The number of esters is 3. The zero-order valence-electron chi connectivity index (χ0n) is 54.8. The molecule has 0 radical (unpaired) electrons. The van der Waals surface area contributed by atoms with Gasteiger partial charge in [0.05, 0.1) is 21.3 Å². The molecule has 3 atom stereocenters. The van der Waals surface area contributed by atoms with Crippen LogP contribution in [0.2, 0.25) is 0 Å². The first-order valence-electron chi connectivity index (χ1n) is 31.1. The molecule has 0 bridgehead atoms. The fourth-order valence-electron chi connectivity index (χ4n) is 9.37. The average molecular weight is 1210 g/mol. The first kappa shape index (κ1) is 72.9. The minimum absolute atomic E-state index is 0.153. The molecule has 6 rings (SSSR count). The monoisotopic (exact) mass is 1210 g/mol. The van der Waals surface area contributed by atoms with Crippen molar-refractivity contribution in [2.24, 2.45) is 0 Å². The third kappa shape index (κ3) is 29.9. The van der Waals surface area contributed by atoms with Crippen molar-refractivity contribution < 1.29 is 57.0 Å². The van der Waals surface area contributed by atoms with Gasteiger partial charge < -0.3 is 57.3 Å². The van der Waals surface area contributed by atoms with Gasteiger partial charge in [-0.3, -0.25) is 14.4 Å². The van der Waals surface area contributed by atoms with E-state index in [0.717, 1.165) is 115 Å². The maximum absolute atomic E-state index is 12.1. The van der Waals surface area contributed by atoms with E-state index in [9.17, 15) is 14.4 Å². The van der Waals surface area contributed by atoms with Crippen molar-refractivity contribution >= 4 is 17.9 Å². The summed E-state index contributed by atoms with van der Waals surface area (Å²) in [6.45, 7) is 8.92. The smallest absolute Gasteiger partial charge is 0.306 e. The van der Waals surface area contributed by atoms with Gasteiger partial charge in [0.1, 0.15) is 72.6 Å². The zero-order valence-corrected chi connectivity index (χ0v) is 54.8. The van der Waals surface area contributed by atoms with E-state index in [2.05, 4.69) is 61.5 Å². The highest BCUT2D eigenvalue weighted by Gasteiger charge is 2.20. The predicted octanol–water partition coefficient (Wildman–Crippen LogP) is 12.8. The first-order valence-corrected chi connectivity index (χ1v) is 31.1. The van der Waals surface area contributed by atoms with E-state index in [-0.39, 0.29) is 36.2 Å². The summed E-state index contributed by atoms with van der Waals surface area (Å²) in [6, 6.07) is 48.6. The Balaban J connectivity index is 0.000000282. The molecule has 0 amide bonds. The molecule has 1 unspecified atom stereocenters. The SMILES string of the molecule is CCCC(=O)O[C@@H](COc1ccccc1CCc1ccc(OC)cc1)CN(C)C.CCCC(=O)O[C@H](COc1ccccc1CCc1ccc(OC)cc1)CN(C)C.CCCCC(=O)OC(COc1ccccc1CCc1ccc(OC)cc1)CN(C)C. The minimum Gasteiger partial charge on any atom is -0.497 e. The molecule has 0 aliphatic carbocycles. The largest absolute Gasteiger partial charge is 0.497 e. The van der Waals surface area contributed by atoms with Gasteiger partial charge in [0.25, 0.3) is 0 Å². The minimum atomic E-state index is -0.293. The molecule has 15 nitrogen and oxygen atoms in total. The summed E-state index contributed by atoms with van der Waals surface area (Å²) in [7, 11) is 16.8. The fraction of sp³-hybridized carbons (Fsp3) is 0.466. The van der Waals surface area contributed by atoms with Crippen molar-refractivity contribution in [2.45, 2.75) is 123 Å². The van der Waals surface area contributed by atoms with Crippen LogP contribution < -0.4 is 28.4 Å². The number of carbonyl (C=O) groups is 3. The molecule has 0 aliphatic heterocycles. The highest BCUT2D eigenvalue weighted by molar-refractivity contribution is 5.70. The molecule has 0 aromatic heterocycles. The Morgan fingerprint density at radius 3 is 0.875 bits per heavy atom. The molecule has 88 heavy (non-hydrogen) atoms. The molecule has 0 aliphatic rings. The summed E-state index contributed by atoms with van der Waals surface area (Å²) in [5.41, 5.74) is 7.19. The molecule has 6 aromatic carbocycles. The molecule has 0 saturated heterocycles. The standard InChI is InChI=1S/C25H35NO4.2C24H33NO4/c1-5-6-11-25(27)30-23(18-26(2)3)19-29-24-10-8-7-9-21(24)15-12-20-13-16-22(28-4)17-14-20;2*1-5-8-24(26)29-22(17-25(2)3)18-28-23-10-7-6-9-20(23)14-11-19-12-15-21(27-4)16-13-19/h7-10,13-14,16-17,23H,5-6,11-12,15,18-19H2,1-4H3;2*6-7,9-10,12-13,15-16,22H,5,8,11,14,17-18H2,1-4H3/t;2*22-/m.10/s1. The van der Waals surface area contributed by atoms with Gasteiger partial charge in [-0.15, -0.1) is 0 Å². The lowest BCUT2D eigenvalue weighted by molar-refractivity contribution is -0.152. The van der Waals surface area contributed by atoms with Crippen LogP contribution in [0.4, 0.5) is 0 Å². The quantitative estimate of drug-likeness (QED) is 0.0269. The maximum Gasteiger partial charge on any atom is 0.306 e. The molecule has 0 heterocycles. The second-order valence-electron chi connectivity index (χ2n) is 22.5. The molecule has 0 saturated carbocycles. The number of benzene rings is 6. The summed E-state index contributed by atoms with van der Waals surface area (Å²) in [5.74, 6) is 4.63. The lowest BCUT2D eigenvalue weighted by atomic mass is 10.0. The van der Waals surface area contributed by atoms with Crippen LogP contribution in [0.15, 0.2) is 146 Å². The third-order valence-corrected chi connectivity index (χ3v) is 14.0. The summed E-state index contributed by atoms with van der Waals surface area (Å²) in [5, 5.41) is 0. The van der Waals surface area contributed by atoms with Crippen LogP contribution in [0.5, 0.6) is 34.5 Å². The van der Waals surface area contributed by atoms with Gasteiger partial charge in [-0.2, -0.15) is 0 Å². The number of hydrogen-bond acceptors (Lipinski definition) is 15. The van der Waals surface area contributed by atoms with Crippen molar-refractivity contribution in [1.82, 2.24) is 14.7 Å². The number of aryl methyl sites for hydroxylation is 6. The van der Waals surface area contributed by atoms with Crippen molar-refractivity contribution in [3.8, 4) is 34.5 Å². The van der Waals surface area contributed by atoms with E-state index in [4.69, 9.17) is 42.6 Å². The van der Waals surface area contributed by atoms with Gasteiger partial charge >= 0.3 is 17.9 Å². The topological polar surface area (TPSA) is 144 Å². The van der Waals surface area contributed by atoms with E-state index < -0.39 is 0 Å². The second-order valence-corrected chi connectivity index (χ2v) is 22.5. The van der Waals surface area contributed by atoms with E-state index in [1.807, 2.05) is 162 Å². The second kappa shape index (κ2) is 42.3. The van der Waals surface area contributed by atoms with Crippen molar-refractivity contribution in [3.05, 3.63) is 179 Å². The molecular weight excluding hydrogens is 1110 g/mol. The van der Waals surface area contributed by atoms with Crippen LogP contribution in [-0.2, 0) is 67.1 Å². The summed E-state index contributed by atoms with van der Waals surface area (Å²) < 4.78 is 50.8. The molecule has 15 heteroatoms. The van der Waals surface area contributed by atoms with Crippen LogP contribution >= 0.6 is 0 Å². The number of ether oxygens (including phenoxy) is 9. The van der Waals surface area contributed by atoms with Crippen LogP contribution in [0.1, 0.15) is 99.1 Å². The Morgan fingerprint density at radius 2 is 0.625 bits per heavy atom. The Labute approximate surface area is 526 Å². The zero-order chi connectivity index (χ0) is 63.9. The summed E-state index contributed by atoms with van der Waals surface area (Å²) in [4.78, 5) is 41.9. The van der Waals surface area contributed by atoms with Crippen LogP contribution in [-0.4, -0.2) is 154 Å². The van der Waals surface area contributed by atoms with Crippen molar-refractivity contribution in [3.63, 3.8) is 0 Å². The number of para-hydroxylation sites is 3. The third-order valence-electron chi connectivity index (χ3n) is 14.0. The normalized spacial score (nSPS) is 11.9. The number of carbonyl (C=O) groups excluding carboxylic acids is 3. The number of hydrogen-bond donors (Lipinski definition) is 0. The van der Waals surface area contributed by atoms with E-state index in [1.165, 1.54) is 16.7 Å². The Morgan fingerprint density at radius 1 is 0.352 bits per heavy atom. The molecule has 0 N–H and O–H groups in total. The van der Waals surface area contributed by atoms with Gasteiger partial charge in [0, 0.05) is 38.9 Å². The maximum atomic E-state index is 12.1. The lowest BCUT2D eigenvalue weighted by Crippen LogP contribution is -2.35.